The molecule has 0 bridgehead atoms. The Bertz CT molecular complexity index is 741. The first-order valence-electron chi connectivity index (χ1n) is 5.17. The van der Waals surface area contributed by atoms with Crippen LogP contribution in [0.2, 0.25) is 0 Å². The fourth-order valence-electron chi connectivity index (χ4n) is 1.34. The van der Waals surface area contributed by atoms with Crippen LogP contribution in [0, 0.1) is 0 Å². The van der Waals surface area contributed by atoms with Crippen molar-refractivity contribution in [1.82, 2.24) is 4.98 Å². The number of sulfone groups is 1. The van der Waals surface area contributed by atoms with Crippen LogP contribution in [-0.2, 0) is 14.6 Å². The Morgan fingerprint density at radius 3 is 2.72 bits per heavy atom. The van der Waals surface area contributed by atoms with Crippen LogP contribution >= 0.6 is 11.3 Å². The second-order valence-corrected chi connectivity index (χ2v) is 7.64. The quantitative estimate of drug-likeness (QED) is 0.640. The molecule has 1 heterocycles. The van der Waals surface area contributed by atoms with E-state index in [1.807, 2.05) is 0 Å². The van der Waals surface area contributed by atoms with Crippen molar-refractivity contribution in [2.75, 3.05) is 0 Å². The molecule has 1 aromatic heterocycles. The van der Waals surface area contributed by atoms with Gasteiger partial charge in [-0.05, 0) is 32.0 Å². The largest absolute Gasteiger partial charge is 0.240 e. The topological polar surface area (TPSA) is 76.5 Å². The van der Waals surface area contributed by atoms with Crippen molar-refractivity contribution in [3.63, 3.8) is 0 Å². The maximum absolute atomic E-state index is 12.0. The highest BCUT2D eigenvalue weighted by Gasteiger charge is 2.23. The molecule has 2 rings (SSSR count). The molecular formula is C11H10N2O3S2. The monoisotopic (exact) mass is 282 g/mol. The molecular weight excluding hydrogens is 272 g/mol. The standard InChI is InChI=1S/C11H10N2O3S2/c1-7(2)18(15,16)11-13-9-4-3-8(12-6-14)5-10(9)17-11/h3-5,7H,1-2H3. The number of fused-ring (bicyclic) bond motifs is 1. The lowest BCUT2D eigenvalue weighted by Crippen LogP contribution is -2.13. The zero-order valence-electron chi connectivity index (χ0n) is 9.75. The van der Waals surface area contributed by atoms with Crippen LogP contribution in [-0.4, -0.2) is 24.7 Å². The van der Waals surface area contributed by atoms with E-state index in [2.05, 4.69) is 9.98 Å². The van der Waals surface area contributed by atoms with Crippen LogP contribution in [0.4, 0.5) is 5.69 Å². The summed E-state index contributed by atoms with van der Waals surface area (Å²) in [4.78, 5) is 17.7. The van der Waals surface area contributed by atoms with E-state index in [9.17, 15) is 13.2 Å². The van der Waals surface area contributed by atoms with Crippen molar-refractivity contribution in [2.24, 2.45) is 4.99 Å². The number of hydrogen-bond donors (Lipinski definition) is 0. The summed E-state index contributed by atoms with van der Waals surface area (Å²) in [6.45, 7) is 3.23. The number of nitrogens with zero attached hydrogens (tertiary/aromatic N) is 2. The van der Waals surface area contributed by atoms with Crippen molar-refractivity contribution in [2.45, 2.75) is 23.4 Å². The van der Waals surface area contributed by atoms with Gasteiger partial charge in [0.2, 0.25) is 20.3 Å². The highest BCUT2D eigenvalue weighted by atomic mass is 32.2. The van der Waals surface area contributed by atoms with E-state index in [-0.39, 0.29) is 4.34 Å². The van der Waals surface area contributed by atoms with Gasteiger partial charge in [-0.1, -0.05) is 0 Å². The normalized spacial score (nSPS) is 11.7. The summed E-state index contributed by atoms with van der Waals surface area (Å²) in [5.41, 5.74) is 1.03. The van der Waals surface area contributed by atoms with Crippen LogP contribution < -0.4 is 0 Å². The minimum Gasteiger partial charge on any atom is -0.225 e. The third kappa shape index (κ3) is 2.20. The molecule has 0 saturated carbocycles. The number of isocyanates is 1. The first-order chi connectivity index (χ1) is 8.45. The molecule has 0 amide bonds. The van der Waals surface area contributed by atoms with E-state index in [0.29, 0.717) is 15.9 Å². The van der Waals surface area contributed by atoms with E-state index in [4.69, 9.17) is 0 Å². The predicted octanol–water partition coefficient (Wildman–Crippen LogP) is 2.45. The minimum absolute atomic E-state index is 0.0970. The zero-order chi connectivity index (χ0) is 13.3. The molecule has 1 aromatic carbocycles. The molecule has 0 radical (unpaired) electrons. The average Bonchev–Trinajstić information content (AvgIpc) is 2.72. The number of rotatable bonds is 3. The van der Waals surface area contributed by atoms with Gasteiger partial charge in [0.1, 0.15) is 0 Å². The number of aliphatic imine (C=N–C) groups is 1. The summed E-state index contributed by atoms with van der Waals surface area (Å²) >= 11 is 1.08. The van der Waals surface area contributed by atoms with Gasteiger partial charge in [0.25, 0.3) is 0 Å². The van der Waals surface area contributed by atoms with E-state index >= 15 is 0 Å². The molecule has 0 aliphatic rings. The summed E-state index contributed by atoms with van der Waals surface area (Å²) in [6.07, 6.45) is 1.44. The Morgan fingerprint density at radius 1 is 1.39 bits per heavy atom. The van der Waals surface area contributed by atoms with Crippen LogP contribution in [0.1, 0.15) is 13.8 Å². The SMILES string of the molecule is CC(C)S(=O)(=O)c1nc2ccc(N=C=O)cc2s1. The van der Waals surface area contributed by atoms with Crippen LogP contribution in [0.3, 0.4) is 0 Å². The zero-order valence-corrected chi connectivity index (χ0v) is 11.4. The first-order valence-corrected chi connectivity index (χ1v) is 7.54. The molecule has 7 heteroatoms. The molecule has 0 fully saturated rings. The van der Waals surface area contributed by atoms with Gasteiger partial charge in [-0.3, -0.25) is 0 Å². The number of hydrogen-bond acceptors (Lipinski definition) is 6. The van der Waals surface area contributed by atoms with Gasteiger partial charge < -0.3 is 0 Å². The molecule has 18 heavy (non-hydrogen) atoms. The highest BCUT2D eigenvalue weighted by molar-refractivity contribution is 7.94. The van der Waals surface area contributed by atoms with Crippen molar-refractivity contribution < 1.29 is 13.2 Å². The van der Waals surface area contributed by atoms with Gasteiger partial charge in [-0.2, -0.15) is 4.99 Å². The summed E-state index contributed by atoms with van der Waals surface area (Å²) < 4.78 is 24.7. The Labute approximate surface area is 108 Å². The van der Waals surface area contributed by atoms with Crippen molar-refractivity contribution in [1.29, 1.82) is 0 Å². The van der Waals surface area contributed by atoms with Crippen molar-refractivity contribution >= 4 is 43.2 Å². The smallest absolute Gasteiger partial charge is 0.225 e. The summed E-state index contributed by atoms with van der Waals surface area (Å²) in [6, 6.07) is 4.86. The van der Waals surface area contributed by atoms with E-state index in [1.165, 1.54) is 6.08 Å². The minimum atomic E-state index is -3.36. The molecule has 0 spiro atoms. The van der Waals surface area contributed by atoms with Crippen molar-refractivity contribution in [3.8, 4) is 0 Å². The fraction of sp³-hybridized carbons (Fsp3) is 0.273. The Kier molecular flexibility index (Phi) is 3.30. The summed E-state index contributed by atoms with van der Waals surface area (Å²) in [7, 11) is -3.36. The molecule has 0 saturated heterocycles. The number of carbonyl (C=O) groups excluding carboxylic acids is 1. The fourth-order valence-corrected chi connectivity index (χ4v) is 4.01. The van der Waals surface area contributed by atoms with Gasteiger partial charge >= 0.3 is 0 Å². The van der Waals surface area contributed by atoms with Crippen LogP contribution in [0.5, 0.6) is 0 Å². The van der Waals surface area contributed by atoms with Crippen LogP contribution in [0.15, 0.2) is 27.5 Å². The second-order valence-electron chi connectivity index (χ2n) is 3.93. The van der Waals surface area contributed by atoms with Gasteiger partial charge in [0.15, 0.2) is 0 Å². The highest BCUT2D eigenvalue weighted by Crippen LogP contribution is 2.30. The second kappa shape index (κ2) is 4.61. The predicted molar refractivity (Wildman–Crippen MR) is 69.7 cm³/mol. The molecule has 5 nitrogen and oxygen atoms in total. The van der Waals surface area contributed by atoms with Gasteiger partial charge in [-0.25, -0.2) is 18.2 Å². The average molecular weight is 282 g/mol. The Hall–Kier alpha value is -1.56. The third-order valence-electron chi connectivity index (χ3n) is 2.39. The number of aromatic nitrogens is 1. The molecule has 94 valence electrons. The van der Waals surface area contributed by atoms with E-state index in [1.54, 1.807) is 32.0 Å². The number of benzene rings is 1. The van der Waals surface area contributed by atoms with E-state index < -0.39 is 15.1 Å². The maximum Gasteiger partial charge on any atom is 0.240 e. The lowest BCUT2D eigenvalue weighted by Gasteiger charge is -2.01. The Balaban J connectivity index is 2.61. The first kappa shape index (κ1) is 12.9. The lowest BCUT2D eigenvalue weighted by molar-refractivity contribution is 0.565. The molecule has 0 aliphatic carbocycles. The third-order valence-corrected chi connectivity index (χ3v) is 5.97. The molecule has 2 aromatic rings. The molecule has 0 N–H and O–H groups in total. The van der Waals surface area contributed by atoms with Crippen LogP contribution in [0.25, 0.3) is 10.2 Å². The lowest BCUT2D eigenvalue weighted by atomic mass is 10.3. The van der Waals surface area contributed by atoms with Gasteiger partial charge in [0, 0.05) is 0 Å². The Morgan fingerprint density at radius 2 is 2.11 bits per heavy atom. The van der Waals surface area contributed by atoms with Gasteiger partial charge in [0.05, 0.1) is 21.2 Å². The van der Waals surface area contributed by atoms with Gasteiger partial charge in [-0.15, -0.1) is 11.3 Å². The summed E-state index contributed by atoms with van der Waals surface area (Å²) in [5.74, 6) is 0. The molecule has 0 unspecified atom stereocenters. The number of thiazole rings is 1. The maximum atomic E-state index is 12.0. The molecule has 0 aliphatic heterocycles. The van der Waals surface area contributed by atoms with Crippen molar-refractivity contribution in [3.05, 3.63) is 18.2 Å². The van der Waals surface area contributed by atoms with E-state index in [0.717, 1.165) is 11.3 Å². The molecule has 0 atom stereocenters. The summed E-state index contributed by atoms with van der Waals surface area (Å²) in [5, 5.41) is -0.509.